The van der Waals surface area contributed by atoms with Crippen LogP contribution in [-0.4, -0.2) is 34.3 Å². The number of nitrogens with one attached hydrogen (secondary N) is 1. The highest BCUT2D eigenvalue weighted by Crippen LogP contribution is 2.43. The number of hydrogen-bond donors (Lipinski definition) is 1. The van der Waals surface area contributed by atoms with Crippen LogP contribution in [0.5, 0.6) is 0 Å². The fraction of sp³-hybridized carbons (Fsp3) is 0.875. The van der Waals surface area contributed by atoms with Crippen LogP contribution < -0.4 is 5.32 Å². The Kier molecular flexibility index (Phi) is 4.40. The van der Waals surface area contributed by atoms with Gasteiger partial charge < -0.3 is 10.2 Å². The summed E-state index contributed by atoms with van der Waals surface area (Å²) in [4.78, 5) is 27.3. The SMILES string of the molecule is CCC(C)C1NC(=O)C(CC)N(C2(CC)CCC2)C1=O. The van der Waals surface area contributed by atoms with Gasteiger partial charge in [-0.15, -0.1) is 0 Å². The van der Waals surface area contributed by atoms with E-state index in [0.29, 0.717) is 6.42 Å². The molecule has 1 aliphatic carbocycles. The molecule has 4 heteroatoms. The first-order chi connectivity index (χ1) is 9.50. The molecule has 0 aromatic carbocycles. The second-order valence-electron chi connectivity index (χ2n) is 6.44. The third kappa shape index (κ3) is 2.23. The minimum absolute atomic E-state index is 0.0390. The normalized spacial score (nSPS) is 30.7. The lowest BCUT2D eigenvalue weighted by atomic mass is 9.71. The van der Waals surface area contributed by atoms with Crippen LogP contribution in [0.3, 0.4) is 0 Å². The number of rotatable bonds is 5. The summed E-state index contributed by atoms with van der Waals surface area (Å²) in [6.45, 7) is 8.26. The zero-order chi connectivity index (χ0) is 14.9. The fourth-order valence-electron chi connectivity index (χ4n) is 3.64. The molecular weight excluding hydrogens is 252 g/mol. The maximum Gasteiger partial charge on any atom is 0.246 e. The van der Waals surface area contributed by atoms with Gasteiger partial charge in [-0.1, -0.05) is 34.1 Å². The average molecular weight is 280 g/mol. The minimum atomic E-state index is -0.334. The van der Waals surface area contributed by atoms with Gasteiger partial charge in [0.1, 0.15) is 12.1 Å². The third-order valence-corrected chi connectivity index (χ3v) is 5.47. The van der Waals surface area contributed by atoms with E-state index in [0.717, 1.165) is 25.7 Å². The lowest BCUT2D eigenvalue weighted by molar-refractivity contribution is -0.164. The van der Waals surface area contributed by atoms with Crippen LogP contribution in [0, 0.1) is 5.92 Å². The molecule has 3 unspecified atom stereocenters. The molecule has 1 aliphatic heterocycles. The van der Waals surface area contributed by atoms with Crippen LogP contribution in [0.25, 0.3) is 0 Å². The summed E-state index contributed by atoms with van der Waals surface area (Å²) in [5, 5.41) is 2.96. The summed E-state index contributed by atoms with van der Waals surface area (Å²) in [6.07, 6.45) is 5.82. The predicted octanol–water partition coefficient (Wildman–Crippen LogP) is 2.47. The summed E-state index contributed by atoms with van der Waals surface area (Å²) < 4.78 is 0. The van der Waals surface area contributed by atoms with Crippen LogP contribution in [0.4, 0.5) is 0 Å². The van der Waals surface area contributed by atoms with Crippen molar-refractivity contribution < 1.29 is 9.59 Å². The van der Waals surface area contributed by atoms with Crippen LogP contribution in [0.15, 0.2) is 0 Å². The number of amides is 2. The van der Waals surface area contributed by atoms with Gasteiger partial charge in [-0.2, -0.15) is 0 Å². The molecule has 1 heterocycles. The van der Waals surface area contributed by atoms with Crippen molar-refractivity contribution in [2.45, 2.75) is 83.8 Å². The highest BCUT2D eigenvalue weighted by atomic mass is 16.2. The van der Waals surface area contributed by atoms with Gasteiger partial charge >= 0.3 is 0 Å². The Morgan fingerprint density at radius 3 is 2.35 bits per heavy atom. The first-order valence-electron chi connectivity index (χ1n) is 8.14. The minimum Gasteiger partial charge on any atom is -0.342 e. The quantitative estimate of drug-likeness (QED) is 0.841. The molecule has 2 rings (SSSR count). The molecule has 2 amide bonds. The first kappa shape index (κ1) is 15.3. The number of hydrogen-bond acceptors (Lipinski definition) is 2. The average Bonchev–Trinajstić information content (AvgIpc) is 2.40. The standard InChI is InChI=1S/C16H28N2O2/c1-5-11(4)13-15(20)18(12(6-2)14(19)17-13)16(7-3)9-8-10-16/h11-13H,5-10H2,1-4H3,(H,17,19). The summed E-state index contributed by atoms with van der Waals surface area (Å²) in [6, 6.07) is -0.609. The van der Waals surface area contributed by atoms with E-state index in [4.69, 9.17) is 0 Å². The molecule has 1 saturated carbocycles. The predicted molar refractivity (Wildman–Crippen MR) is 79.2 cm³/mol. The van der Waals surface area contributed by atoms with E-state index >= 15 is 0 Å². The van der Waals surface area contributed by atoms with Crippen LogP contribution in [0.1, 0.15) is 66.2 Å². The van der Waals surface area contributed by atoms with Gasteiger partial charge in [-0.3, -0.25) is 9.59 Å². The maximum absolute atomic E-state index is 13.0. The Hall–Kier alpha value is -1.06. The van der Waals surface area contributed by atoms with E-state index in [1.807, 2.05) is 18.7 Å². The summed E-state index contributed by atoms with van der Waals surface area (Å²) >= 11 is 0. The van der Waals surface area contributed by atoms with Gasteiger partial charge in [0.05, 0.1) is 0 Å². The summed E-state index contributed by atoms with van der Waals surface area (Å²) in [5.41, 5.74) is -0.0543. The first-order valence-corrected chi connectivity index (χ1v) is 8.14. The molecule has 4 nitrogen and oxygen atoms in total. The highest BCUT2D eigenvalue weighted by molar-refractivity contribution is 5.97. The highest BCUT2D eigenvalue weighted by Gasteiger charge is 2.52. The molecule has 20 heavy (non-hydrogen) atoms. The Bertz CT molecular complexity index is 384. The van der Waals surface area contributed by atoms with Crippen molar-refractivity contribution in [3.8, 4) is 0 Å². The van der Waals surface area contributed by atoms with E-state index in [1.165, 1.54) is 6.42 Å². The van der Waals surface area contributed by atoms with Gasteiger partial charge in [-0.25, -0.2) is 0 Å². The van der Waals surface area contributed by atoms with Crippen molar-refractivity contribution in [2.75, 3.05) is 0 Å². The van der Waals surface area contributed by atoms with E-state index in [1.54, 1.807) is 0 Å². The number of nitrogens with zero attached hydrogens (tertiary/aromatic N) is 1. The summed E-state index contributed by atoms with van der Waals surface area (Å²) in [7, 11) is 0. The maximum atomic E-state index is 13.0. The Labute approximate surface area is 122 Å². The molecule has 1 N–H and O–H groups in total. The Morgan fingerprint density at radius 1 is 1.30 bits per heavy atom. The third-order valence-electron chi connectivity index (χ3n) is 5.47. The lowest BCUT2D eigenvalue weighted by Gasteiger charge is -2.55. The lowest BCUT2D eigenvalue weighted by Crippen LogP contribution is -2.72. The summed E-state index contributed by atoms with van der Waals surface area (Å²) in [5.74, 6) is 0.380. The smallest absolute Gasteiger partial charge is 0.246 e. The molecule has 1 saturated heterocycles. The van der Waals surface area contributed by atoms with Crippen LogP contribution in [-0.2, 0) is 9.59 Å². The second-order valence-corrected chi connectivity index (χ2v) is 6.44. The van der Waals surface area contributed by atoms with Crippen molar-refractivity contribution in [3.05, 3.63) is 0 Å². The van der Waals surface area contributed by atoms with E-state index in [-0.39, 0.29) is 35.4 Å². The van der Waals surface area contributed by atoms with Crippen LogP contribution >= 0.6 is 0 Å². The van der Waals surface area contributed by atoms with Gasteiger partial charge in [0.15, 0.2) is 0 Å². The zero-order valence-electron chi connectivity index (χ0n) is 13.2. The molecular formula is C16H28N2O2. The van der Waals surface area contributed by atoms with Crippen LogP contribution in [0.2, 0.25) is 0 Å². The number of carbonyl (C=O) groups excluding carboxylic acids is 2. The van der Waals surface area contributed by atoms with Gasteiger partial charge in [0.25, 0.3) is 0 Å². The molecule has 0 aromatic rings. The van der Waals surface area contributed by atoms with E-state index < -0.39 is 0 Å². The van der Waals surface area contributed by atoms with Gasteiger partial charge in [0, 0.05) is 5.54 Å². The molecule has 0 aromatic heterocycles. The van der Waals surface area contributed by atoms with Crippen molar-refractivity contribution in [3.63, 3.8) is 0 Å². The molecule has 114 valence electrons. The molecule has 0 spiro atoms. The van der Waals surface area contributed by atoms with E-state index in [9.17, 15) is 9.59 Å². The molecule has 2 fully saturated rings. The zero-order valence-corrected chi connectivity index (χ0v) is 13.2. The molecule has 2 aliphatic rings. The topological polar surface area (TPSA) is 49.4 Å². The molecule has 0 bridgehead atoms. The van der Waals surface area contributed by atoms with Crippen molar-refractivity contribution >= 4 is 11.8 Å². The van der Waals surface area contributed by atoms with Gasteiger partial charge in [0.2, 0.25) is 11.8 Å². The number of piperazine rings is 1. The molecule has 0 radical (unpaired) electrons. The largest absolute Gasteiger partial charge is 0.342 e. The van der Waals surface area contributed by atoms with Crippen molar-refractivity contribution in [2.24, 2.45) is 5.92 Å². The van der Waals surface area contributed by atoms with E-state index in [2.05, 4.69) is 19.2 Å². The van der Waals surface area contributed by atoms with Gasteiger partial charge in [-0.05, 0) is 38.0 Å². The monoisotopic (exact) mass is 280 g/mol. The second kappa shape index (κ2) is 5.74. The van der Waals surface area contributed by atoms with Crippen molar-refractivity contribution in [1.29, 1.82) is 0 Å². The fourth-order valence-corrected chi connectivity index (χ4v) is 3.64. The Balaban J connectivity index is 2.32. The Morgan fingerprint density at radius 2 is 1.95 bits per heavy atom. The number of carbonyl (C=O) groups is 2. The van der Waals surface area contributed by atoms with Crippen molar-refractivity contribution in [1.82, 2.24) is 10.2 Å². The molecule has 3 atom stereocenters.